The first kappa shape index (κ1) is 18.5. The van der Waals surface area contributed by atoms with Gasteiger partial charge in [-0.2, -0.15) is 0 Å². The molecular formula is C18H21NO3S2. The number of methoxy groups -OCH3 is 1. The Morgan fingerprint density at radius 1 is 1.25 bits per heavy atom. The zero-order valence-corrected chi connectivity index (χ0v) is 15.4. The van der Waals surface area contributed by atoms with E-state index in [1.54, 1.807) is 11.8 Å². The minimum atomic E-state index is -0.332. The maximum Gasteiger partial charge on any atom is 0.307 e. The Bertz CT molecular complexity index is 653. The molecule has 2 aromatic rings. The van der Waals surface area contributed by atoms with E-state index < -0.39 is 0 Å². The largest absolute Gasteiger partial charge is 0.469 e. The van der Waals surface area contributed by atoms with Crippen LogP contribution >= 0.6 is 23.1 Å². The number of carbonyl (C=O) groups excluding carboxylic acids is 2. The molecule has 1 unspecified atom stereocenters. The van der Waals surface area contributed by atoms with Crippen LogP contribution in [0.25, 0.3) is 0 Å². The monoisotopic (exact) mass is 363 g/mol. The fourth-order valence-corrected chi connectivity index (χ4v) is 3.72. The molecule has 0 fully saturated rings. The highest BCUT2D eigenvalue weighted by molar-refractivity contribution is 7.99. The van der Waals surface area contributed by atoms with Crippen molar-refractivity contribution in [2.75, 3.05) is 12.9 Å². The van der Waals surface area contributed by atoms with Crippen molar-refractivity contribution in [2.24, 2.45) is 0 Å². The number of ether oxygens (including phenoxy) is 1. The van der Waals surface area contributed by atoms with Crippen molar-refractivity contribution in [2.45, 2.75) is 25.1 Å². The highest BCUT2D eigenvalue weighted by atomic mass is 32.2. The van der Waals surface area contributed by atoms with Gasteiger partial charge < -0.3 is 10.1 Å². The Morgan fingerprint density at radius 3 is 2.62 bits per heavy atom. The molecule has 0 aliphatic carbocycles. The molecule has 1 atom stereocenters. The van der Waals surface area contributed by atoms with Crippen LogP contribution in [-0.2, 0) is 20.1 Å². The zero-order chi connectivity index (χ0) is 17.4. The summed E-state index contributed by atoms with van der Waals surface area (Å²) in [5, 5.41) is 4.86. The molecule has 1 N–H and O–H groups in total. The standard InChI is InChI=1S/C18H21NO3S2/c1-13-5-7-14(8-6-13)11-23-12-17(20)19-15(10-18(21)22-2)16-4-3-9-24-16/h3-9,15H,10-12H2,1-2H3,(H,19,20). The summed E-state index contributed by atoms with van der Waals surface area (Å²) in [6.45, 7) is 2.05. The molecule has 0 spiro atoms. The van der Waals surface area contributed by atoms with Crippen LogP contribution in [-0.4, -0.2) is 24.7 Å². The predicted octanol–water partition coefficient (Wildman–Crippen LogP) is 3.71. The fourth-order valence-electron chi connectivity index (χ4n) is 2.14. The average molecular weight is 364 g/mol. The Labute approximate surface area is 150 Å². The minimum absolute atomic E-state index is 0.0746. The van der Waals surface area contributed by atoms with Gasteiger partial charge in [-0.1, -0.05) is 35.9 Å². The van der Waals surface area contributed by atoms with Crippen molar-refractivity contribution >= 4 is 35.0 Å². The van der Waals surface area contributed by atoms with E-state index in [4.69, 9.17) is 4.74 Å². The van der Waals surface area contributed by atoms with E-state index in [1.165, 1.54) is 29.6 Å². The fraction of sp³-hybridized carbons (Fsp3) is 0.333. The zero-order valence-electron chi connectivity index (χ0n) is 13.8. The van der Waals surface area contributed by atoms with E-state index in [9.17, 15) is 9.59 Å². The summed E-state index contributed by atoms with van der Waals surface area (Å²) in [7, 11) is 1.35. The summed E-state index contributed by atoms with van der Waals surface area (Å²) in [4.78, 5) is 24.7. The van der Waals surface area contributed by atoms with Gasteiger partial charge in [-0.15, -0.1) is 23.1 Å². The van der Waals surface area contributed by atoms with Gasteiger partial charge in [-0.3, -0.25) is 9.59 Å². The molecule has 1 amide bonds. The lowest BCUT2D eigenvalue weighted by molar-refractivity contribution is -0.141. The van der Waals surface area contributed by atoms with Gasteiger partial charge in [0.25, 0.3) is 0 Å². The summed E-state index contributed by atoms with van der Waals surface area (Å²) in [6.07, 6.45) is 0.144. The number of aryl methyl sites for hydroxylation is 1. The minimum Gasteiger partial charge on any atom is -0.469 e. The van der Waals surface area contributed by atoms with Crippen molar-refractivity contribution in [1.82, 2.24) is 5.32 Å². The number of thiophene rings is 1. The van der Waals surface area contributed by atoms with Gasteiger partial charge >= 0.3 is 5.97 Å². The molecule has 0 saturated heterocycles. The third-order valence-electron chi connectivity index (χ3n) is 3.44. The second kappa shape index (κ2) is 9.49. The number of rotatable bonds is 8. The van der Waals surface area contributed by atoms with E-state index in [-0.39, 0.29) is 24.3 Å². The predicted molar refractivity (Wildman–Crippen MR) is 99.2 cm³/mol. The Kier molecular flexibility index (Phi) is 7.34. The summed E-state index contributed by atoms with van der Waals surface area (Å²) in [5.41, 5.74) is 2.42. The summed E-state index contributed by atoms with van der Waals surface area (Å²) >= 11 is 3.08. The number of benzene rings is 1. The Balaban J connectivity index is 1.83. The number of thioether (sulfide) groups is 1. The van der Waals surface area contributed by atoms with Gasteiger partial charge in [-0.05, 0) is 23.9 Å². The lowest BCUT2D eigenvalue weighted by Crippen LogP contribution is -2.31. The smallest absolute Gasteiger partial charge is 0.307 e. The van der Waals surface area contributed by atoms with Crippen molar-refractivity contribution in [1.29, 1.82) is 0 Å². The van der Waals surface area contributed by atoms with Crippen LogP contribution < -0.4 is 5.32 Å². The van der Waals surface area contributed by atoms with Crippen molar-refractivity contribution in [3.8, 4) is 0 Å². The van der Waals surface area contributed by atoms with Crippen LogP contribution in [0.1, 0.15) is 28.5 Å². The first-order chi connectivity index (χ1) is 11.6. The van der Waals surface area contributed by atoms with Gasteiger partial charge in [0.2, 0.25) is 5.91 Å². The van der Waals surface area contributed by atoms with Gasteiger partial charge in [0.15, 0.2) is 0 Å². The molecule has 0 saturated carbocycles. The van der Waals surface area contributed by atoms with Crippen molar-refractivity contribution < 1.29 is 14.3 Å². The van der Waals surface area contributed by atoms with Crippen LogP contribution in [0.5, 0.6) is 0 Å². The van der Waals surface area contributed by atoms with E-state index in [0.717, 1.165) is 10.6 Å². The molecule has 0 bridgehead atoms. The molecule has 4 nitrogen and oxygen atoms in total. The Morgan fingerprint density at radius 2 is 2.00 bits per heavy atom. The average Bonchev–Trinajstić information content (AvgIpc) is 3.10. The number of hydrogen-bond acceptors (Lipinski definition) is 5. The third-order valence-corrected chi connectivity index (χ3v) is 5.43. The topological polar surface area (TPSA) is 55.4 Å². The lowest BCUT2D eigenvalue weighted by Gasteiger charge is -2.16. The van der Waals surface area contributed by atoms with E-state index in [2.05, 4.69) is 36.5 Å². The van der Waals surface area contributed by atoms with Gasteiger partial charge in [-0.25, -0.2) is 0 Å². The summed E-state index contributed by atoms with van der Waals surface area (Å²) in [5.74, 6) is 0.737. The Hall–Kier alpha value is -1.79. The molecule has 6 heteroatoms. The van der Waals surface area contributed by atoms with Crippen molar-refractivity contribution in [3.05, 3.63) is 57.8 Å². The van der Waals surface area contributed by atoms with E-state index in [1.807, 2.05) is 17.5 Å². The highest BCUT2D eigenvalue weighted by Crippen LogP contribution is 2.23. The van der Waals surface area contributed by atoms with Crippen LogP contribution in [0.15, 0.2) is 41.8 Å². The summed E-state index contributed by atoms with van der Waals surface area (Å²) < 4.78 is 4.72. The second-order valence-electron chi connectivity index (χ2n) is 5.39. The van der Waals surface area contributed by atoms with Gasteiger partial charge in [0.05, 0.1) is 25.3 Å². The first-order valence-corrected chi connectivity index (χ1v) is 9.65. The van der Waals surface area contributed by atoms with E-state index >= 15 is 0 Å². The van der Waals surface area contributed by atoms with Gasteiger partial charge in [0, 0.05) is 10.6 Å². The highest BCUT2D eigenvalue weighted by Gasteiger charge is 2.19. The quantitative estimate of drug-likeness (QED) is 0.727. The molecule has 0 radical (unpaired) electrons. The number of amides is 1. The van der Waals surface area contributed by atoms with Gasteiger partial charge in [0.1, 0.15) is 0 Å². The number of carbonyl (C=O) groups is 2. The molecule has 0 aliphatic rings. The van der Waals surface area contributed by atoms with Crippen LogP contribution in [0, 0.1) is 6.92 Å². The van der Waals surface area contributed by atoms with Crippen molar-refractivity contribution in [3.63, 3.8) is 0 Å². The maximum absolute atomic E-state index is 12.2. The third kappa shape index (κ3) is 6.02. The normalized spacial score (nSPS) is 11.8. The van der Waals surface area contributed by atoms with Crippen LogP contribution in [0.3, 0.4) is 0 Å². The molecule has 0 aliphatic heterocycles. The number of esters is 1. The first-order valence-electron chi connectivity index (χ1n) is 7.61. The number of nitrogens with one attached hydrogen (secondary N) is 1. The maximum atomic E-state index is 12.2. The lowest BCUT2D eigenvalue weighted by atomic mass is 10.1. The second-order valence-corrected chi connectivity index (χ2v) is 7.36. The van der Waals surface area contributed by atoms with Crippen LogP contribution in [0.2, 0.25) is 0 Å². The molecule has 128 valence electrons. The number of hydrogen-bond donors (Lipinski definition) is 1. The van der Waals surface area contributed by atoms with E-state index in [0.29, 0.717) is 5.75 Å². The molecular weight excluding hydrogens is 342 g/mol. The van der Waals surface area contributed by atoms with Crippen LogP contribution in [0.4, 0.5) is 0 Å². The summed E-state index contributed by atoms with van der Waals surface area (Å²) in [6, 6.07) is 11.8. The molecule has 1 heterocycles. The molecule has 1 aromatic carbocycles. The molecule has 2 rings (SSSR count). The SMILES string of the molecule is COC(=O)CC(NC(=O)CSCc1ccc(C)cc1)c1cccs1. The molecule has 1 aromatic heterocycles. The molecule has 24 heavy (non-hydrogen) atoms.